The molecule has 3 heterocycles. The maximum atomic E-state index is 11.2. The lowest BCUT2D eigenvalue weighted by Crippen LogP contribution is -2.70. The number of aliphatic hydroxyl groups excluding tert-OH is 8. The van der Waals surface area contributed by atoms with Gasteiger partial charge in [0, 0.05) is 6.08 Å². The number of phenolic OH excluding ortho intramolecular Hbond substituents is 1. The first-order valence-electron chi connectivity index (χ1n) is 14.2. The van der Waals surface area contributed by atoms with Crippen LogP contribution >= 0.6 is 0 Å². The molecule has 3 aliphatic rings. The summed E-state index contributed by atoms with van der Waals surface area (Å²) in [5.74, 6) is -1.70. The monoisotopic (exact) mass is 663 g/mol. The molecule has 3 saturated heterocycles. The van der Waals surface area contributed by atoms with E-state index in [0.29, 0.717) is 0 Å². The molecule has 0 saturated carbocycles. The molecule has 3 aliphatic heterocycles. The summed E-state index contributed by atoms with van der Waals surface area (Å²) in [5.41, 5.74) is 15.7. The predicted molar refractivity (Wildman–Crippen MR) is 150 cm³/mol. The third kappa shape index (κ3) is 6.91. The Kier molecular flexibility index (Phi) is 11.7. The molecule has 0 amide bonds. The molecule has 4 rings (SSSR count). The minimum atomic E-state index is -2.28. The Balaban J connectivity index is 1.61. The molecule has 260 valence electrons. The van der Waals surface area contributed by atoms with E-state index in [-0.39, 0.29) is 16.9 Å². The molecule has 19 nitrogen and oxygen atoms in total. The van der Waals surface area contributed by atoms with Crippen molar-refractivity contribution in [3.63, 3.8) is 0 Å². The highest BCUT2D eigenvalue weighted by Crippen LogP contribution is 2.42. The third-order valence-corrected chi connectivity index (χ3v) is 8.37. The van der Waals surface area contributed by atoms with Gasteiger partial charge in [0.05, 0.1) is 37.9 Å². The van der Waals surface area contributed by atoms with Gasteiger partial charge in [-0.1, -0.05) is 6.07 Å². The molecule has 15 atom stereocenters. The second-order valence-corrected chi connectivity index (χ2v) is 11.3. The van der Waals surface area contributed by atoms with Crippen molar-refractivity contribution in [2.75, 3.05) is 19.8 Å². The van der Waals surface area contributed by atoms with E-state index in [9.17, 15) is 50.8 Å². The van der Waals surface area contributed by atoms with Crippen molar-refractivity contribution in [2.45, 2.75) is 91.4 Å². The largest absolute Gasteiger partial charge is 0.508 e. The van der Waals surface area contributed by atoms with E-state index in [0.717, 1.165) is 18.2 Å². The number of carbonyl (C=O) groups is 1. The Morgan fingerprint density at radius 2 is 1.41 bits per heavy atom. The lowest BCUT2D eigenvalue weighted by atomic mass is 9.79. The van der Waals surface area contributed by atoms with Gasteiger partial charge in [0.15, 0.2) is 18.9 Å². The minimum Gasteiger partial charge on any atom is -0.508 e. The minimum absolute atomic E-state index is 0.0632. The number of carboxylic acids is 1. The van der Waals surface area contributed by atoms with Crippen molar-refractivity contribution in [1.82, 2.24) is 0 Å². The van der Waals surface area contributed by atoms with Gasteiger partial charge in [-0.2, -0.15) is 0 Å². The Morgan fingerprint density at radius 1 is 0.848 bits per heavy atom. The van der Waals surface area contributed by atoms with Gasteiger partial charge in [0.2, 0.25) is 0 Å². The average molecular weight is 664 g/mol. The van der Waals surface area contributed by atoms with Crippen LogP contribution in [0.25, 0.3) is 6.08 Å². The van der Waals surface area contributed by atoms with Crippen molar-refractivity contribution < 1.29 is 79.5 Å². The second-order valence-electron chi connectivity index (χ2n) is 11.3. The number of aliphatic hydroxyl groups is 8. The van der Waals surface area contributed by atoms with Crippen molar-refractivity contribution in [3.8, 4) is 5.75 Å². The molecule has 19 heteroatoms. The van der Waals surface area contributed by atoms with E-state index in [1.165, 1.54) is 12.1 Å². The van der Waals surface area contributed by atoms with Crippen LogP contribution in [-0.4, -0.2) is 163 Å². The van der Waals surface area contributed by atoms with Gasteiger partial charge >= 0.3 is 5.97 Å². The summed E-state index contributed by atoms with van der Waals surface area (Å²) in [6, 6.07) is -0.805. The highest BCUT2D eigenvalue weighted by Gasteiger charge is 2.57. The smallest absolute Gasteiger partial charge is 0.328 e. The van der Waals surface area contributed by atoms with Crippen LogP contribution in [0.1, 0.15) is 11.1 Å². The average Bonchev–Trinajstić information content (AvgIpc) is 3.03. The number of aromatic hydroxyl groups is 1. The molecule has 1 aromatic carbocycles. The Hall–Kier alpha value is -2.41. The molecule has 2 unspecified atom stereocenters. The van der Waals surface area contributed by atoms with Crippen molar-refractivity contribution in [2.24, 2.45) is 17.2 Å². The summed E-state index contributed by atoms with van der Waals surface area (Å²) in [6.07, 6.45) is -15.9. The quantitative estimate of drug-likeness (QED) is 0.103. The Bertz CT molecular complexity index is 1220. The molecule has 16 N–H and O–H groups in total. The number of benzene rings is 1. The summed E-state index contributed by atoms with van der Waals surface area (Å²) in [4.78, 5) is 11.2. The lowest BCUT2D eigenvalue weighted by molar-refractivity contribution is -0.363. The molecule has 0 bridgehead atoms. The Labute approximate surface area is 261 Å². The van der Waals surface area contributed by atoms with Crippen LogP contribution in [0.5, 0.6) is 5.75 Å². The summed E-state index contributed by atoms with van der Waals surface area (Å²) >= 11 is 0. The van der Waals surface area contributed by atoms with Crippen molar-refractivity contribution >= 4 is 12.0 Å². The van der Waals surface area contributed by atoms with Gasteiger partial charge in [-0.3, -0.25) is 0 Å². The van der Waals surface area contributed by atoms with Crippen LogP contribution < -0.4 is 17.2 Å². The topological polar surface area (TPSA) is 344 Å². The van der Waals surface area contributed by atoms with Crippen LogP contribution in [0.4, 0.5) is 0 Å². The third-order valence-electron chi connectivity index (χ3n) is 8.37. The second kappa shape index (κ2) is 14.8. The lowest BCUT2D eigenvalue weighted by Gasteiger charge is -2.51. The molecule has 0 aliphatic carbocycles. The van der Waals surface area contributed by atoms with Gasteiger partial charge in [-0.05, 0) is 29.3 Å². The summed E-state index contributed by atoms with van der Waals surface area (Å²) in [5, 5.41) is 103. The molecule has 3 fully saturated rings. The molecule has 0 spiro atoms. The number of rotatable bonds is 10. The van der Waals surface area contributed by atoms with E-state index in [1.54, 1.807) is 0 Å². The molecule has 46 heavy (non-hydrogen) atoms. The van der Waals surface area contributed by atoms with Crippen LogP contribution in [0.3, 0.4) is 0 Å². The van der Waals surface area contributed by atoms with Crippen LogP contribution in [0.2, 0.25) is 0 Å². The fourth-order valence-electron chi connectivity index (χ4n) is 5.74. The number of aliphatic carboxylic acids is 1. The molecule has 0 aromatic heterocycles. The van der Waals surface area contributed by atoms with E-state index in [4.69, 9.17) is 46.0 Å². The van der Waals surface area contributed by atoms with Gasteiger partial charge in [-0.15, -0.1) is 0 Å². The highest BCUT2D eigenvalue weighted by atomic mass is 16.7. The zero-order valence-corrected chi connectivity index (χ0v) is 24.2. The number of phenols is 1. The number of carboxylic acid groups (broad SMARTS) is 1. The molecular formula is C27H41N3O16. The van der Waals surface area contributed by atoms with Crippen molar-refractivity contribution in [1.29, 1.82) is 0 Å². The SMILES string of the molecule is N[C@H]1[C@@H](OC2[C@@H](CO)O[C@@H](OC3[C@@H](CO)O[C@@H](O)[C@H](N)[C@H]3O)[C@H](N)[C@H]2O)O[C@@](CO)(c2cc(O)ccc2/C=C/C(=O)O)[C@@H](O)[C@@H]1O. The normalized spacial score (nSPS) is 43.5. The molecular weight excluding hydrogens is 622 g/mol. The first-order valence-corrected chi connectivity index (χ1v) is 14.2. The zero-order chi connectivity index (χ0) is 34.1. The van der Waals surface area contributed by atoms with E-state index < -0.39 is 117 Å². The maximum absolute atomic E-state index is 11.2. The number of hydrogen-bond donors (Lipinski definition) is 13. The van der Waals surface area contributed by atoms with E-state index in [2.05, 4.69) is 0 Å². The molecule has 0 radical (unpaired) electrons. The maximum Gasteiger partial charge on any atom is 0.328 e. The number of hydrogen-bond acceptors (Lipinski definition) is 18. The number of ether oxygens (including phenoxy) is 5. The van der Waals surface area contributed by atoms with Crippen LogP contribution in [-0.2, 0) is 34.1 Å². The van der Waals surface area contributed by atoms with Gasteiger partial charge < -0.3 is 92.0 Å². The fraction of sp³-hybridized carbons (Fsp3) is 0.667. The summed E-state index contributed by atoms with van der Waals surface area (Å²) in [7, 11) is 0. The van der Waals surface area contributed by atoms with Gasteiger partial charge in [0.25, 0.3) is 0 Å². The first kappa shape index (κ1) is 36.4. The van der Waals surface area contributed by atoms with Crippen LogP contribution in [0.15, 0.2) is 24.3 Å². The van der Waals surface area contributed by atoms with Crippen LogP contribution in [0, 0.1) is 0 Å². The van der Waals surface area contributed by atoms with Gasteiger partial charge in [-0.25, -0.2) is 4.79 Å². The van der Waals surface area contributed by atoms with Gasteiger partial charge in [0.1, 0.15) is 60.2 Å². The summed E-state index contributed by atoms with van der Waals surface area (Å²) in [6.45, 7) is -2.59. The fourth-order valence-corrected chi connectivity index (χ4v) is 5.74. The number of nitrogens with two attached hydrogens (primary N) is 3. The van der Waals surface area contributed by atoms with Crippen molar-refractivity contribution in [3.05, 3.63) is 35.4 Å². The van der Waals surface area contributed by atoms with E-state index in [1.807, 2.05) is 0 Å². The standard InChI is InChI=1S/C27H41N3O16/c28-15-18(37)21(12(6-31)42-24(15)41)44-25-16(29)19(38)22(13(7-32)43-25)45-26-17(30)20(39)23(40)27(8-33,46-26)11-5-10(34)3-1-9(11)2-4-14(35)36/h1-5,12-13,15-26,31-34,37-41H,6-8,28-30H2,(H,35,36)/b4-2+/t12-,13-,15-,16-,17-,18-,19-,20-,21?,22?,23+,24-,25+,26+,27+/m1/s1. The highest BCUT2D eigenvalue weighted by molar-refractivity contribution is 5.85. The molecule has 1 aromatic rings. The van der Waals surface area contributed by atoms with E-state index >= 15 is 0 Å². The first-order chi connectivity index (χ1) is 21.7. The Morgan fingerprint density at radius 3 is 2.00 bits per heavy atom. The predicted octanol–water partition coefficient (Wildman–Crippen LogP) is -6.34. The zero-order valence-electron chi connectivity index (χ0n) is 24.2. The summed E-state index contributed by atoms with van der Waals surface area (Å²) < 4.78 is 28.5.